The molecule has 0 bridgehead atoms. The van der Waals surface area contributed by atoms with Crippen LogP contribution in [-0.4, -0.2) is 13.4 Å². The predicted octanol–water partition coefficient (Wildman–Crippen LogP) is 0.413. The molecule has 0 amide bonds. The van der Waals surface area contributed by atoms with Crippen LogP contribution in [-0.2, 0) is 16.1 Å². The Bertz CT molecular complexity index is 386. The van der Waals surface area contributed by atoms with Crippen molar-refractivity contribution in [3.05, 3.63) is 35.4 Å². The summed E-state index contributed by atoms with van der Waals surface area (Å²) in [5.41, 5.74) is 0.933. The van der Waals surface area contributed by atoms with Crippen LogP contribution < -0.4 is 73.6 Å². The number of ether oxygens (including phenoxy) is 3. The Balaban J connectivity index is 0.00000162. The molecule has 1 aromatic carbocycles. The molecule has 1 heterocycles. The molecule has 1 saturated heterocycles. The van der Waals surface area contributed by atoms with E-state index in [1.54, 1.807) is 13.2 Å². The van der Waals surface area contributed by atoms with Gasteiger partial charge in [0.05, 0.1) is 18.7 Å². The van der Waals surface area contributed by atoms with E-state index in [1.165, 1.54) is 0 Å². The van der Waals surface area contributed by atoms with Crippen LogP contribution in [0.4, 0.5) is 0 Å². The van der Waals surface area contributed by atoms with Crippen molar-refractivity contribution in [3.63, 3.8) is 0 Å². The van der Waals surface area contributed by atoms with Crippen LogP contribution in [0.2, 0.25) is 5.02 Å². The third-order valence-corrected chi connectivity index (χ3v) is 3.00. The first-order chi connectivity index (χ1) is 8.20. The molecule has 1 aromatic rings. The minimum absolute atomic E-state index is 0. The van der Waals surface area contributed by atoms with Gasteiger partial charge in [-0.05, 0) is 12.5 Å². The van der Waals surface area contributed by atoms with Crippen LogP contribution in [0.15, 0.2) is 18.2 Å². The molecular weight excluding hydrogens is 372 g/mol. The normalized spacial score (nSPS) is 22.6. The van der Waals surface area contributed by atoms with Gasteiger partial charge in [-0.2, -0.15) is 0 Å². The maximum absolute atomic E-state index is 6.03. The first-order valence-corrected chi connectivity index (χ1v) is 6.00. The summed E-state index contributed by atoms with van der Waals surface area (Å²) in [4.78, 5) is 0. The average Bonchev–Trinajstić information content (AvgIpc) is 2.72. The Kier molecular flexibility index (Phi) is 8.23. The fourth-order valence-electron chi connectivity index (χ4n) is 1.82. The van der Waals surface area contributed by atoms with Gasteiger partial charge >= 0.3 is 68.9 Å². The maximum atomic E-state index is 6.03. The van der Waals surface area contributed by atoms with Crippen molar-refractivity contribution in [2.24, 2.45) is 5.92 Å². The van der Waals surface area contributed by atoms with E-state index in [1.807, 2.05) is 18.7 Å². The quantitative estimate of drug-likeness (QED) is 0.700. The van der Waals surface area contributed by atoms with E-state index >= 15 is 0 Å². The van der Waals surface area contributed by atoms with Crippen LogP contribution in [0.1, 0.15) is 18.9 Å². The summed E-state index contributed by atoms with van der Waals surface area (Å²) in [6, 6.07) is 5.62. The maximum Gasteiger partial charge on any atom is 1.00 e. The summed E-state index contributed by atoms with van der Waals surface area (Å²) in [6.45, 7) is 4.36. The van der Waals surface area contributed by atoms with E-state index < -0.39 is 0 Å². The predicted molar refractivity (Wildman–Crippen MR) is 65.7 cm³/mol. The van der Waals surface area contributed by atoms with Crippen molar-refractivity contribution in [3.8, 4) is 5.75 Å². The van der Waals surface area contributed by atoms with Gasteiger partial charge in [0.25, 0.3) is 0 Å². The molecule has 5 heteroatoms. The number of hydrogen-bond donors (Lipinski definition) is 0. The van der Waals surface area contributed by atoms with Gasteiger partial charge in [-0.3, -0.25) is 0 Å². The molecule has 0 radical (unpaired) electrons. The first kappa shape index (κ1) is 17.3. The van der Waals surface area contributed by atoms with Crippen molar-refractivity contribution in [1.82, 2.24) is 0 Å². The van der Waals surface area contributed by atoms with Crippen molar-refractivity contribution >= 4 is 11.6 Å². The minimum Gasteiger partial charge on any atom is -0.529 e. The van der Waals surface area contributed by atoms with Gasteiger partial charge in [0.1, 0.15) is 12.0 Å². The molecule has 0 aromatic heterocycles. The average molecular weight is 389 g/mol. The third-order valence-electron chi connectivity index (χ3n) is 2.70. The third kappa shape index (κ3) is 4.68. The number of methoxy groups -OCH3 is 1. The summed E-state index contributed by atoms with van der Waals surface area (Å²) in [5, 5.41) is 0.598. The summed E-state index contributed by atoms with van der Waals surface area (Å²) < 4.78 is 16.3. The Labute approximate surface area is 172 Å². The largest absolute Gasteiger partial charge is 1.00 e. The molecule has 2 atom stereocenters. The van der Waals surface area contributed by atoms with Crippen LogP contribution in [0, 0.1) is 12.5 Å². The Morgan fingerprint density at radius 3 is 2.89 bits per heavy atom. The molecule has 0 N–H and O–H groups in total. The summed E-state index contributed by atoms with van der Waals surface area (Å²) in [6.07, 6.45) is 0.733. The molecule has 0 spiro atoms. The van der Waals surface area contributed by atoms with Crippen molar-refractivity contribution in [2.45, 2.75) is 26.2 Å². The van der Waals surface area contributed by atoms with E-state index in [0.717, 1.165) is 12.0 Å². The Morgan fingerprint density at radius 2 is 2.28 bits per heavy atom. The number of benzene rings is 1. The molecular formula is C13H16ClCsO3. The second kappa shape index (κ2) is 8.54. The van der Waals surface area contributed by atoms with Gasteiger partial charge in [0.15, 0.2) is 0 Å². The van der Waals surface area contributed by atoms with E-state index in [4.69, 9.17) is 25.8 Å². The minimum atomic E-state index is -0.159. The van der Waals surface area contributed by atoms with Crippen molar-refractivity contribution in [1.29, 1.82) is 0 Å². The number of hydrogen-bond acceptors (Lipinski definition) is 3. The van der Waals surface area contributed by atoms with Crippen molar-refractivity contribution in [2.75, 3.05) is 7.11 Å². The molecule has 1 unspecified atom stereocenters. The fourth-order valence-corrected chi connectivity index (χ4v) is 2.09. The van der Waals surface area contributed by atoms with Gasteiger partial charge in [-0.25, -0.2) is 6.61 Å². The second-order valence-corrected chi connectivity index (χ2v) is 4.57. The molecule has 0 saturated carbocycles. The summed E-state index contributed by atoms with van der Waals surface area (Å²) in [7, 11) is 1.60. The number of para-hydroxylation sites is 1. The first-order valence-electron chi connectivity index (χ1n) is 5.62. The second-order valence-electron chi connectivity index (χ2n) is 4.16. The summed E-state index contributed by atoms with van der Waals surface area (Å²) in [5.74, 6) is 1.12. The standard InChI is InChI=1S/C13H16ClO3.Cs/c1-9-6-12(16-7-9)17-8-10-4-3-5-11(14)13(10)15-2;/h3-5,7,9,12H,6,8H2,1-2H3;/q-1;+1/t9-,12?;/m1./s1. The smallest absolute Gasteiger partial charge is 0.529 e. The molecule has 18 heavy (non-hydrogen) atoms. The van der Waals surface area contributed by atoms with Crippen LogP contribution in [0.5, 0.6) is 5.75 Å². The zero-order valence-corrected chi connectivity index (χ0v) is 18.0. The molecule has 3 nitrogen and oxygen atoms in total. The van der Waals surface area contributed by atoms with Gasteiger partial charge in [0, 0.05) is 5.56 Å². The van der Waals surface area contributed by atoms with Gasteiger partial charge in [0.2, 0.25) is 0 Å². The van der Waals surface area contributed by atoms with Crippen LogP contribution >= 0.6 is 11.6 Å². The monoisotopic (exact) mass is 388 g/mol. The van der Waals surface area contributed by atoms with Crippen LogP contribution in [0.25, 0.3) is 0 Å². The number of halogens is 1. The van der Waals surface area contributed by atoms with Crippen LogP contribution in [0.3, 0.4) is 0 Å². The fraction of sp³-hybridized carbons (Fsp3) is 0.462. The topological polar surface area (TPSA) is 27.7 Å². The molecule has 1 aliphatic rings. The number of rotatable bonds is 4. The van der Waals surface area contributed by atoms with Gasteiger partial charge in [-0.15, -0.1) is 5.92 Å². The Morgan fingerprint density at radius 1 is 1.50 bits per heavy atom. The molecule has 1 fully saturated rings. The van der Waals surface area contributed by atoms with Gasteiger partial charge in [-0.1, -0.05) is 30.7 Å². The SMILES string of the molecule is COc1c(Cl)cccc1COC1C[C@@H](C)[CH-]O1.[Cs+]. The zero-order chi connectivity index (χ0) is 12.3. The van der Waals surface area contributed by atoms with E-state index in [9.17, 15) is 0 Å². The molecule has 2 rings (SSSR count). The molecule has 94 valence electrons. The Hall–Kier alpha value is 1.28. The van der Waals surface area contributed by atoms with E-state index in [-0.39, 0.29) is 75.2 Å². The van der Waals surface area contributed by atoms with Crippen molar-refractivity contribution < 1.29 is 83.1 Å². The molecule has 1 aliphatic heterocycles. The molecule has 0 aliphatic carbocycles. The van der Waals surface area contributed by atoms with E-state index in [0.29, 0.717) is 23.3 Å². The van der Waals surface area contributed by atoms with E-state index in [2.05, 4.69) is 6.92 Å². The summed E-state index contributed by atoms with van der Waals surface area (Å²) >= 11 is 6.03. The van der Waals surface area contributed by atoms with Gasteiger partial charge < -0.3 is 14.2 Å². The zero-order valence-electron chi connectivity index (χ0n) is 11.0.